The predicted octanol–water partition coefficient (Wildman–Crippen LogP) is 1.95. The van der Waals surface area contributed by atoms with Gasteiger partial charge in [-0.15, -0.1) is 0 Å². The minimum Gasteiger partial charge on any atom is -0.493 e. The first-order valence-corrected chi connectivity index (χ1v) is 7.17. The van der Waals surface area contributed by atoms with Crippen molar-refractivity contribution >= 4 is 0 Å². The van der Waals surface area contributed by atoms with Gasteiger partial charge in [0, 0.05) is 11.5 Å². The lowest BCUT2D eigenvalue weighted by molar-refractivity contribution is 0.314. The Bertz CT molecular complexity index is 567. The molecule has 0 aliphatic carbocycles. The van der Waals surface area contributed by atoms with Crippen molar-refractivity contribution in [2.24, 2.45) is 0 Å². The third kappa shape index (κ3) is 2.82. The molecular weight excluding hydrogens is 252 g/mol. The molecule has 0 saturated carbocycles. The van der Waals surface area contributed by atoms with Crippen LogP contribution in [0.1, 0.15) is 30.7 Å². The lowest BCUT2D eigenvalue weighted by Crippen LogP contribution is -2.16. The minimum absolute atomic E-state index is 0.365. The lowest BCUT2D eigenvalue weighted by atomic mass is 10.0. The lowest BCUT2D eigenvalue weighted by Gasteiger charge is -2.08. The molecule has 2 heterocycles. The molecule has 1 aliphatic heterocycles. The average molecular weight is 272 g/mol. The zero-order valence-corrected chi connectivity index (χ0v) is 11.7. The van der Waals surface area contributed by atoms with E-state index in [-0.39, 0.29) is 0 Å². The number of rotatable bonds is 6. The first kappa shape index (κ1) is 13.1. The number of nitrogens with zero attached hydrogens (tertiary/aromatic N) is 3. The Morgan fingerprint density at radius 1 is 1.40 bits per heavy atom. The van der Waals surface area contributed by atoms with E-state index in [4.69, 9.17) is 4.74 Å². The van der Waals surface area contributed by atoms with E-state index in [2.05, 4.69) is 34.5 Å². The molecule has 20 heavy (non-hydrogen) atoms. The van der Waals surface area contributed by atoms with Crippen LogP contribution >= 0.6 is 0 Å². The summed E-state index contributed by atoms with van der Waals surface area (Å²) >= 11 is 0. The number of benzene rings is 1. The fourth-order valence-electron chi connectivity index (χ4n) is 2.49. The Kier molecular flexibility index (Phi) is 3.97. The van der Waals surface area contributed by atoms with Crippen LogP contribution in [-0.4, -0.2) is 27.9 Å². The number of hydrogen-bond acceptors (Lipinski definition) is 4. The highest BCUT2D eigenvalue weighted by Crippen LogP contribution is 2.34. The molecule has 0 amide bonds. The minimum atomic E-state index is 0.365. The summed E-state index contributed by atoms with van der Waals surface area (Å²) in [5.41, 5.74) is 1.27. The topological polar surface area (TPSA) is 52.0 Å². The largest absolute Gasteiger partial charge is 0.493 e. The zero-order valence-electron chi connectivity index (χ0n) is 11.7. The van der Waals surface area contributed by atoms with Gasteiger partial charge in [0.15, 0.2) is 5.82 Å². The number of ether oxygens (including phenoxy) is 1. The zero-order chi connectivity index (χ0) is 13.8. The van der Waals surface area contributed by atoms with Gasteiger partial charge in [0.2, 0.25) is 0 Å². The molecule has 2 aromatic rings. The van der Waals surface area contributed by atoms with Crippen molar-refractivity contribution in [3.8, 4) is 5.75 Å². The van der Waals surface area contributed by atoms with Gasteiger partial charge in [0.25, 0.3) is 0 Å². The molecule has 1 aromatic heterocycles. The summed E-state index contributed by atoms with van der Waals surface area (Å²) < 4.78 is 7.61. The molecule has 0 bridgehead atoms. The Morgan fingerprint density at radius 2 is 2.30 bits per heavy atom. The maximum Gasteiger partial charge on any atom is 0.164 e. The van der Waals surface area contributed by atoms with E-state index in [0.29, 0.717) is 5.92 Å². The SMILES string of the molecule is CCCNCc1ncn(CC2COc3ccccc32)n1. The van der Waals surface area contributed by atoms with Crippen molar-refractivity contribution in [1.82, 2.24) is 20.1 Å². The molecule has 5 heteroatoms. The average Bonchev–Trinajstić information content (AvgIpc) is 3.08. The maximum absolute atomic E-state index is 5.70. The second kappa shape index (κ2) is 6.05. The van der Waals surface area contributed by atoms with Crippen molar-refractivity contribution in [1.29, 1.82) is 0 Å². The maximum atomic E-state index is 5.70. The van der Waals surface area contributed by atoms with E-state index >= 15 is 0 Å². The van der Waals surface area contributed by atoms with Gasteiger partial charge in [-0.1, -0.05) is 25.1 Å². The van der Waals surface area contributed by atoms with Gasteiger partial charge in [-0.05, 0) is 19.0 Å². The van der Waals surface area contributed by atoms with Crippen LogP contribution in [-0.2, 0) is 13.1 Å². The van der Waals surface area contributed by atoms with Crippen molar-refractivity contribution < 1.29 is 4.74 Å². The van der Waals surface area contributed by atoms with Crippen molar-refractivity contribution in [2.45, 2.75) is 32.4 Å². The van der Waals surface area contributed by atoms with Crippen LogP contribution in [0.15, 0.2) is 30.6 Å². The Balaban J connectivity index is 1.62. The number of aromatic nitrogens is 3. The Hall–Kier alpha value is -1.88. The van der Waals surface area contributed by atoms with Gasteiger partial charge >= 0.3 is 0 Å². The molecule has 1 aromatic carbocycles. The van der Waals surface area contributed by atoms with Gasteiger partial charge in [-0.25, -0.2) is 4.98 Å². The number of hydrogen-bond donors (Lipinski definition) is 1. The van der Waals surface area contributed by atoms with Crippen LogP contribution in [0, 0.1) is 0 Å². The van der Waals surface area contributed by atoms with Crippen molar-refractivity contribution in [2.75, 3.05) is 13.2 Å². The van der Waals surface area contributed by atoms with Gasteiger partial charge in [0.1, 0.15) is 12.1 Å². The van der Waals surface area contributed by atoms with E-state index in [1.54, 1.807) is 0 Å². The molecule has 1 unspecified atom stereocenters. The summed E-state index contributed by atoms with van der Waals surface area (Å²) in [5, 5.41) is 7.82. The van der Waals surface area contributed by atoms with E-state index in [9.17, 15) is 0 Å². The van der Waals surface area contributed by atoms with Gasteiger partial charge in [-0.3, -0.25) is 4.68 Å². The molecule has 5 nitrogen and oxygen atoms in total. The van der Waals surface area contributed by atoms with Gasteiger partial charge < -0.3 is 10.1 Å². The van der Waals surface area contributed by atoms with Gasteiger partial charge in [-0.2, -0.15) is 5.10 Å². The van der Waals surface area contributed by atoms with Crippen molar-refractivity contribution in [3.63, 3.8) is 0 Å². The molecule has 0 fully saturated rings. The van der Waals surface area contributed by atoms with Crippen LogP contribution in [0.2, 0.25) is 0 Å². The van der Waals surface area contributed by atoms with E-state index < -0.39 is 0 Å². The van der Waals surface area contributed by atoms with E-state index in [0.717, 1.165) is 44.2 Å². The molecule has 3 rings (SSSR count). The second-order valence-electron chi connectivity index (χ2n) is 5.11. The molecule has 0 radical (unpaired) electrons. The quantitative estimate of drug-likeness (QED) is 0.817. The third-order valence-corrected chi connectivity index (χ3v) is 3.50. The molecule has 0 saturated heterocycles. The third-order valence-electron chi connectivity index (χ3n) is 3.50. The van der Waals surface area contributed by atoms with Crippen LogP contribution in [0.5, 0.6) is 5.75 Å². The second-order valence-corrected chi connectivity index (χ2v) is 5.11. The van der Waals surface area contributed by atoms with E-state index in [1.165, 1.54) is 5.56 Å². The summed E-state index contributed by atoms with van der Waals surface area (Å²) in [7, 11) is 0. The van der Waals surface area contributed by atoms with Gasteiger partial charge in [0.05, 0.1) is 19.7 Å². The Labute approximate surface area is 119 Å². The summed E-state index contributed by atoms with van der Waals surface area (Å²) in [4.78, 5) is 4.33. The number of para-hydroxylation sites is 1. The molecule has 106 valence electrons. The normalized spacial score (nSPS) is 16.9. The van der Waals surface area contributed by atoms with Crippen LogP contribution in [0.4, 0.5) is 0 Å². The summed E-state index contributed by atoms with van der Waals surface area (Å²) in [6, 6.07) is 8.22. The summed E-state index contributed by atoms with van der Waals surface area (Å²) in [6.45, 7) is 5.42. The molecule has 0 spiro atoms. The number of fused-ring (bicyclic) bond motifs is 1. The predicted molar refractivity (Wildman–Crippen MR) is 76.7 cm³/mol. The van der Waals surface area contributed by atoms with Crippen molar-refractivity contribution in [3.05, 3.63) is 42.0 Å². The fraction of sp³-hybridized carbons (Fsp3) is 0.467. The summed E-state index contributed by atoms with van der Waals surface area (Å²) in [6.07, 6.45) is 2.93. The van der Waals surface area contributed by atoms with Crippen LogP contribution < -0.4 is 10.1 Å². The van der Waals surface area contributed by atoms with Crippen LogP contribution in [0.3, 0.4) is 0 Å². The smallest absolute Gasteiger partial charge is 0.164 e. The fourth-order valence-corrected chi connectivity index (χ4v) is 2.49. The highest BCUT2D eigenvalue weighted by Gasteiger charge is 2.24. The first-order valence-electron chi connectivity index (χ1n) is 7.17. The summed E-state index contributed by atoms with van der Waals surface area (Å²) in [5.74, 6) is 2.22. The Morgan fingerprint density at radius 3 is 3.20 bits per heavy atom. The van der Waals surface area contributed by atoms with Crippen LogP contribution in [0.25, 0.3) is 0 Å². The molecular formula is C15H20N4O. The number of nitrogens with one attached hydrogen (secondary N) is 1. The monoisotopic (exact) mass is 272 g/mol. The van der Waals surface area contributed by atoms with E-state index in [1.807, 2.05) is 23.1 Å². The molecule has 1 atom stereocenters. The standard InChI is InChI=1S/C15H20N4O/c1-2-7-16-8-15-17-11-19(18-15)9-12-10-20-14-6-4-3-5-13(12)14/h3-6,11-12,16H,2,7-10H2,1H3. The molecule has 1 N–H and O–H groups in total. The first-order chi connectivity index (χ1) is 9.86. The highest BCUT2D eigenvalue weighted by molar-refractivity contribution is 5.39. The molecule has 1 aliphatic rings. The highest BCUT2D eigenvalue weighted by atomic mass is 16.5.